The van der Waals surface area contributed by atoms with Gasteiger partial charge in [-0.1, -0.05) is 6.58 Å². The zero-order chi connectivity index (χ0) is 8.69. The van der Waals surface area contributed by atoms with Crippen molar-refractivity contribution in [1.82, 2.24) is 4.90 Å². The molecule has 0 saturated carbocycles. The maximum atomic E-state index is 10.4. The molecule has 0 atom stereocenters. The van der Waals surface area contributed by atoms with Crippen LogP contribution < -0.4 is 0 Å². The minimum atomic E-state index is -0.468. The number of hydrogen-bond acceptors (Lipinski definition) is 3. The standard InChI is InChI=1S/C7H11NO3/c1-3-7(10)11-5-4-8(2)6-9/h3,6H,1,4-5H2,2H3. The summed E-state index contributed by atoms with van der Waals surface area (Å²) in [5, 5.41) is 0. The van der Waals surface area contributed by atoms with Gasteiger partial charge in [0.15, 0.2) is 0 Å². The van der Waals surface area contributed by atoms with E-state index in [1.807, 2.05) is 0 Å². The molecular formula is C7H11NO3. The van der Waals surface area contributed by atoms with E-state index in [4.69, 9.17) is 0 Å². The molecule has 0 bridgehead atoms. The second-order valence-electron chi connectivity index (χ2n) is 1.96. The molecule has 0 fully saturated rings. The molecule has 0 spiro atoms. The summed E-state index contributed by atoms with van der Waals surface area (Å²) in [4.78, 5) is 21.8. The normalized spacial score (nSPS) is 8.45. The van der Waals surface area contributed by atoms with E-state index in [0.717, 1.165) is 6.08 Å². The highest BCUT2D eigenvalue weighted by Gasteiger charge is 1.96. The molecule has 11 heavy (non-hydrogen) atoms. The maximum absolute atomic E-state index is 10.4. The van der Waals surface area contributed by atoms with Crippen molar-refractivity contribution >= 4 is 12.4 Å². The van der Waals surface area contributed by atoms with Gasteiger partial charge in [0.2, 0.25) is 6.41 Å². The second-order valence-corrected chi connectivity index (χ2v) is 1.96. The predicted octanol–water partition coefficient (Wildman–Crippen LogP) is -0.196. The quantitative estimate of drug-likeness (QED) is 0.315. The number of likely N-dealkylation sites (N-methyl/N-ethyl adjacent to an activating group) is 1. The van der Waals surface area contributed by atoms with Gasteiger partial charge in [-0.15, -0.1) is 0 Å². The molecule has 0 aromatic heterocycles. The Morgan fingerprint density at radius 3 is 2.82 bits per heavy atom. The van der Waals surface area contributed by atoms with Crippen molar-refractivity contribution in [2.24, 2.45) is 0 Å². The van der Waals surface area contributed by atoms with Crippen LogP contribution in [0.3, 0.4) is 0 Å². The van der Waals surface area contributed by atoms with Gasteiger partial charge in [0.05, 0.1) is 6.54 Å². The number of carbonyl (C=O) groups is 2. The van der Waals surface area contributed by atoms with Crippen molar-refractivity contribution in [2.45, 2.75) is 0 Å². The van der Waals surface area contributed by atoms with Crippen LogP contribution in [0, 0.1) is 0 Å². The van der Waals surface area contributed by atoms with Crippen LogP contribution in [0.4, 0.5) is 0 Å². The Morgan fingerprint density at radius 1 is 1.73 bits per heavy atom. The number of esters is 1. The zero-order valence-electron chi connectivity index (χ0n) is 6.45. The van der Waals surface area contributed by atoms with Crippen molar-refractivity contribution in [1.29, 1.82) is 0 Å². The van der Waals surface area contributed by atoms with Crippen LogP contribution in [0.15, 0.2) is 12.7 Å². The van der Waals surface area contributed by atoms with Crippen molar-refractivity contribution in [3.05, 3.63) is 12.7 Å². The molecule has 0 aliphatic heterocycles. The third-order valence-corrected chi connectivity index (χ3v) is 1.03. The summed E-state index contributed by atoms with van der Waals surface area (Å²) in [7, 11) is 1.61. The highest BCUT2D eigenvalue weighted by atomic mass is 16.5. The molecule has 62 valence electrons. The first kappa shape index (κ1) is 9.68. The van der Waals surface area contributed by atoms with Gasteiger partial charge in [0.1, 0.15) is 6.61 Å². The predicted molar refractivity (Wildman–Crippen MR) is 39.9 cm³/mol. The van der Waals surface area contributed by atoms with Gasteiger partial charge in [-0.05, 0) is 0 Å². The van der Waals surface area contributed by atoms with Gasteiger partial charge < -0.3 is 9.64 Å². The van der Waals surface area contributed by atoms with Crippen LogP contribution >= 0.6 is 0 Å². The molecule has 0 radical (unpaired) electrons. The topological polar surface area (TPSA) is 46.6 Å². The number of ether oxygens (including phenoxy) is 1. The average molecular weight is 157 g/mol. The third-order valence-electron chi connectivity index (χ3n) is 1.03. The average Bonchev–Trinajstić information content (AvgIpc) is 2.04. The van der Waals surface area contributed by atoms with Gasteiger partial charge in [0.25, 0.3) is 0 Å². The van der Waals surface area contributed by atoms with E-state index in [1.165, 1.54) is 4.90 Å². The first-order chi connectivity index (χ1) is 5.20. The van der Waals surface area contributed by atoms with Crippen LogP contribution in [0.25, 0.3) is 0 Å². The molecule has 0 unspecified atom stereocenters. The molecule has 0 saturated heterocycles. The number of rotatable bonds is 5. The number of carbonyl (C=O) groups excluding carboxylic acids is 2. The van der Waals surface area contributed by atoms with E-state index in [-0.39, 0.29) is 6.61 Å². The number of nitrogens with zero attached hydrogens (tertiary/aromatic N) is 1. The Hall–Kier alpha value is -1.32. The Balaban J connectivity index is 3.33. The largest absolute Gasteiger partial charge is 0.461 e. The smallest absolute Gasteiger partial charge is 0.330 e. The minimum Gasteiger partial charge on any atom is -0.461 e. The Labute approximate surface area is 65.4 Å². The minimum absolute atomic E-state index is 0.208. The second kappa shape index (κ2) is 5.46. The van der Waals surface area contributed by atoms with E-state index in [2.05, 4.69) is 11.3 Å². The highest BCUT2D eigenvalue weighted by molar-refractivity contribution is 5.81. The molecule has 0 rings (SSSR count). The lowest BCUT2D eigenvalue weighted by molar-refractivity contribution is -0.138. The fourth-order valence-corrected chi connectivity index (χ4v) is 0.402. The van der Waals surface area contributed by atoms with Gasteiger partial charge in [-0.2, -0.15) is 0 Å². The van der Waals surface area contributed by atoms with Gasteiger partial charge in [0, 0.05) is 13.1 Å². The van der Waals surface area contributed by atoms with Crippen molar-refractivity contribution in [3.63, 3.8) is 0 Å². The molecule has 0 aromatic carbocycles. The van der Waals surface area contributed by atoms with E-state index < -0.39 is 5.97 Å². The van der Waals surface area contributed by atoms with Crippen LogP contribution in [-0.2, 0) is 14.3 Å². The summed E-state index contributed by atoms with van der Waals surface area (Å²) in [6, 6.07) is 0. The SMILES string of the molecule is C=CC(=O)OCCN(C)C=O. The van der Waals surface area contributed by atoms with Crippen LogP contribution in [0.1, 0.15) is 0 Å². The molecule has 0 aromatic rings. The summed E-state index contributed by atoms with van der Waals surface area (Å²) < 4.78 is 4.61. The lowest BCUT2D eigenvalue weighted by atomic mass is 10.6. The monoisotopic (exact) mass is 157 g/mol. The van der Waals surface area contributed by atoms with Crippen LogP contribution in [-0.4, -0.2) is 37.5 Å². The van der Waals surface area contributed by atoms with E-state index in [1.54, 1.807) is 7.05 Å². The van der Waals surface area contributed by atoms with Crippen molar-refractivity contribution < 1.29 is 14.3 Å². The van der Waals surface area contributed by atoms with Crippen molar-refractivity contribution in [2.75, 3.05) is 20.2 Å². The zero-order valence-corrected chi connectivity index (χ0v) is 6.45. The van der Waals surface area contributed by atoms with Gasteiger partial charge >= 0.3 is 5.97 Å². The van der Waals surface area contributed by atoms with Gasteiger partial charge in [-0.25, -0.2) is 4.79 Å². The fraction of sp³-hybridized carbons (Fsp3) is 0.429. The summed E-state index contributed by atoms with van der Waals surface area (Å²) in [6.45, 7) is 3.84. The molecule has 0 aliphatic rings. The lowest BCUT2D eigenvalue weighted by Gasteiger charge is -2.08. The Morgan fingerprint density at radius 2 is 2.36 bits per heavy atom. The molecule has 4 nitrogen and oxygen atoms in total. The first-order valence-corrected chi connectivity index (χ1v) is 3.15. The van der Waals surface area contributed by atoms with Crippen LogP contribution in [0.5, 0.6) is 0 Å². The molecular weight excluding hydrogens is 146 g/mol. The summed E-state index contributed by atoms with van der Waals surface area (Å²) in [5.41, 5.74) is 0. The van der Waals surface area contributed by atoms with Gasteiger partial charge in [-0.3, -0.25) is 4.79 Å². The Kier molecular flexibility index (Phi) is 4.81. The fourth-order valence-electron chi connectivity index (χ4n) is 0.402. The Bertz CT molecular complexity index is 156. The van der Waals surface area contributed by atoms with Crippen molar-refractivity contribution in [3.8, 4) is 0 Å². The molecule has 0 N–H and O–H groups in total. The van der Waals surface area contributed by atoms with Crippen LogP contribution in [0.2, 0.25) is 0 Å². The summed E-state index contributed by atoms with van der Waals surface area (Å²) >= 11 is 0. The number of amides is 1. The lowest BCUT2D eigenvalue weighted by Crippen LogP contribution is -2.22. The molecule has 1 amide bonds. The maximum Gasteiger partial charge on any atom is 0.330 e. The van der Waals surface area contributed by atoms with E-state index >= 15 is 0 Å². The summed E-state index contributed by atoms with van der Waals surface area (Å²) in [6.07, 6.45) is 1.75. The van der Waals surface area contributed by atoms with E-state index in [0.29, 0.717) is 13.0 Å². The van der Waals surface area contributed by atoms with E-state index in [9.17, 15) is 9.59 Å². The molecule has 0 heterocycles. The first-order valence-electron chi connectivity index (χ1n) is 3.15. The summed E-state index contributed by atoms with van der Waals surface area (Å²) in [5.74, 6) is -0.468. The molecule has 4 heteroatoms. The highest BCUT2D eigenvalue weighted by Crippen LogP contribution is 1.81. The number of hydrogen-bond donors (Lipinski definition) is 0. The molecule has 0 aliphatic carbocycles. The third kappa shape index (κ3) is 5.14.